The summed E-state index contributed by atoms with van der Waals surface area (Å²) in [5.41, 5.74) is 0.00159. The van der Waals surface area contributed by atoms with E-state index in [0.29, 0.717) is 23.2 Å². The molecule has 0 spiro atoms. The van der Waals surface area contributed by atoms with Crippen LogP contribution in [0.15, 0.2) is 18.2 Å². The molecule has 1 atom stereocenters. The first-order valence-corrected chi connectivity index (χ1v) is 7.95. The van der Waals surface area contributed by atoms with Crippen molar-refractivity contribution >= 4 is 23.5 Å². The fraction of sp³-hybridized carbons (Fsp3) is 0.500. The number of ketones is 1. The quantitative estimate of drug-likeness (QED) is 0.740. The zero-order chi connectivity index (χ0) is 17.7. The van der Waals surface area contributed by atoms with Crippen molar-refractivity contribution in [3.05, 3.63) is 29.3 Å². The summed E-state index contributed by atoms with van der Waals surface area (Å²) in [4.78, 5) is 38.9. The van der Waals surface area contributed by atoms with Gasteiger partial charge in [0.05, 0.1) is 12.8 Å². The van der Waals surface area contributed by atoms with Gasteiger partial charge in [-0.2, -0.15) is 0 Å². The highest BCUT2D eigenvalue weighted by molar-refractivity contribution is 6.08. The Balaban J connectivity index is 2.13. The number of anilines is 1. The number of benzene rings is 1. The topological polar surface area (TPSA) is 72.9 Å². The smallest absolute Gasteiger partial charge is 0.414 e. The van der Waals surface area contributed by atoms with Crippen LogP contribution in [0.5, 0.6) is 0 Å². The van der Waals surface area contributed by atoms with E-state index in [4.69, 9.17) is 9.47 Å². The number of ether oxygens (including phenoxy) is 2. The second-order valence-corrected chi connectivity index (χ2v) is 7.26. The molecule has 1 aromatic rings. The summed E-state index contributed by atoms with van der Waals surface area (Å²) in [6.07, 6.45) is 0.0660. The van der Waals surface area contributed by atoms with Gasteiger partial charge in [-0.1, -0.05) is 12.1 Å². The van der Waals surface area contributed by atoms with Crippen molar-refractivity contribution in [1.29, 1.82) is 0 Å². The molecule has 0 saturated heterocycles. The van der Waals surface area contributed by atoms with E-state index in [9.17, 15) is 14.4 Å². The normalized spacial score (nSPS) is 22.2. The van der Waals surface area contributed by atoms with Crippen molar-refractivity contribution in [1.82, 2.24) is 0 Å². The Hall–Kier alpha value is -2.37. The molecule has 128 valence electrons. The SMILES string of the molecule is COC(=O)C12CCC(=O)c3cccc(c31)N(C(=O)OC(C)(C)C)C2. The predicted molar refractivity (Wildman–Crippen MR) is 87.3 cm³/mol. The van der Waals surface area contributed by atoms with Crippen LogP contribution < -0.4 is 4.90 Å². The maximum absolute atomic E-state index is 12.6. The Morgan fingerprint density at radius 1 is 1.25 bits per heavy atom. The molecule has 6 heteroatoms. The number of hydrogen-bond acceptors (Lipinski definition) is 5. The number of amides is 1. The number of rotatable bonds is 1. The average Bonchev–Trinajstić information content (AvgIpc) is 2.86. The summed E-state index contributed by atoms with van der Waals surface area (Å²) in [6, 6.07) is 5.17. The van der Waals surface area contributed by atoms with E-state index in [1.165, 1.54) is 12.0 Å². The number of hydrogen-bond donors (Lipinski definition) is 0. The van der Waals surface area contributed by atoms with Gasteiger partial charge >= 0.3 is 12.1 Å². The lowest BCUT2D eigenvalue weighted by atomic mass is 9.71. The van der Waals surface area contributed by atoms with Gasteiger partial charge in [-0.05, 0) is 33.3 Å². The lowest BCUT2D eigenvalue weighted by molar-refractivity contribution is -0.147. The van der Waals surface area contributed by atoms with E-state index < -0.39 is 23.1 Å². The molecule has 1 aliphatic carbocycles. The highest BCUT2D eigenvalue weighted by Crippen LogP contribution is 2.49. The maximum atomic E-state index is 12.6. The monoisotopic (exact) mass is 331 g/mol. The molecule has 1 aliphatic heterocycles. The molecule has 0 saturated carbocycles. The fourth-order valence-corrected chi connectivity index (χ4v) is 3.54. The highest BCUT2D eigenvalue weighted by atomic mass is 16.6. The van der Waals surface area contributed by atoms with Crippen LogP contribution in [0.4, 0.5) is 10.5 Å². The van der Waals surface area contributed by atoms with Gasteiger partial charge in [0, 0.05) is 24.1 Å². The molecular weight excluding hydrogens is 310 g/mol. The summed E-state index contributed by atoms with van der Waals surface area (Å²) in [6.45, 7) is 5.49. The van der Waals surface area contributed by atoms with Crippen LogP contribution >= 0.6 is 0 Å². The molecule has 24 heavy (non-hydrogen) atoms. The van der Waals surface area contributed by atoms with Crippen LogP contribution in [-0.2, 0) is 19.7 Å². The molecule has 3 rings (SSSR count). The van der Waals surface area contributed by atoms with Gasteiger partial charge in [-0.3, -0.25) is 14.5 Å². The summed E-state index contributed by atoms with van der Waals surface area (Å²) in [7, 11) is 1.33. The Labute approximate surface area is 140 Å². The van der Waals surface area contributed by atoms with Crippen LogP contribution in [0.3, 0.4) is 0 Å². The molecule has 0 radical (unpaired) electrons. The van der Waals surface area contributed by atoms with Crippen LogP contribution in [0, 0.1) is 0 Å². The van der Waals surface area contributed by atoms with Crippen molar-refractivity contribution in [3.63, 3.8) is 0 Å². The lowest BCUT2D eigenvalue weighted by Crippen LogP contribution is -2.46. The second kappa shape index (κ2) is 5.33. The number of nitrogens with zero attached hydrogens (tertiary/aromatic N) is 1. The molecule has 1 unspecified atom stereocenters. The number of carbonyl (C=O) groups is 3. The number of esters is 1. The maximum Gasteiger partial charge on any atom is 0.414 e. The Bertz CT molecular complexity index is 733. The number of carbonyl (C=O) groups excluding carboxylic acids is 3. The van der Waals surface area contributed by atoms with Gasteiger partial charge in [-0.25, -0.2) is 4.79 Å². The van der Waals surface area contributed by atoms with Crippen molar-refractivity contribution in [2.45, 2.75) is 44.6 Å². The van der Waals surface area contributed by atoms with Gasteiger partial charge in [0.2, 0.25) is 0 Å². The van der Waals surface area contributed by atoms with Crippen LogP contribution in [0.1, 0.15) is 49.5 Å². The third-order valence-corrected chi connectivity index (χ3v) is 4.51. The van der Waals surface area contributed by atoms with E-state index >= 15 is 0 Å². The number of Topliss-reactive ketones (excluding diaryl/α,β-unsaturated/α-hetero) is 1. The third kappa shape index (κ3) is 2.37. The molecule has 1 aromatic carbocycles. The summed E-state index contributed by atoms with van der Waals surface area (Å²) < 4.78 is 10.5. The summed E-state index contributed by atoms with van der Waals surface area (Å²) in [5.74, 6) is -0.438. The number of methoxy groups -OCH3 is 1. The second-order valence-electron chi connectivity index (χ2n) is 7.26. The molecule has 0 fully saturated rings. The van der Waals surface area contributed by atoms with Crippen LogP contribution in [0.2, 0.25) is 0 Å². The standard InChI is InChI=1S/C18H21NO5/c1-17(2,3)24-16(22)19-10-18(15(21)23-4)9-8-13(20)11-6-5-7-12(19)14(11)18/h5-7H,8-10H2,1-4H3. The molecular formula is C18H21NO5. The van der Waals surface area contributed by atoms with Gasteiger partial charge < -0.3 is 9.47 Å². The van der Waals surface area contributed by atoms with E-state index in [0.717, 1.165) is 0 Å². The average molecular weight is 331 g/mol. The van der Waals surface area contributed by atoms with Crippen molar-refractivity contribution < 1.29 is 23.9 Å². The van der Waals surface area contributed by atoms with Crippen LogP contribution in [-0.4, -0.2) is 37.1 Å². The molecule has 0 bridgehead atoms. The minimum Gasteiger partial charge on any atom is -0.468 e. The first-order chi connectivity index (χ1) is 11.2. The molecule has 1 heterocycles. The molecule has 0 N–H and O–H groups in total. The van der Waals surface area contributed by atoms with Crippen molar-refractivity contribution in [2.75, 3.05) is 18.6 Å². The molecule has 0 aromatic heterocycles. The minimum atomic E-state index is -0.995. The van der Waals surface area contributed by atoms with Gasteiger partial charge in [0.1, 0.15) is 11.0 Å². The third-order valence-electron chi connectivity index (χ3n) is 4.51. The molecule has 6 nitrogen and oxygen atoms in total. The van der Waals surface area contributed by atoms with Gasteiger partial charge in [0.25, 0.3) is 0 Å². The van der Waals surface area contributed by atoms with E-state index in [1.807, 2.05) is 0 Å². The Morgan fingerprint density at radius 2 is 1.96 bits per heavy atom. The summed E-state index contributed by atoms with van der Waals surface area (Å²) >= 11 is 0. The van der Waals surface area contributed by atoms with E-state index in [2.05, 4.69) is 0 Å². The first-order valence-electron chi connectivity index (χ1n) is 7.95. The summed E-state index contributed by atoms with van der Waals surface area (Å²) in [5, 5.41) is 0. The first kappa shape index (κ1) is 16.5. The van der Waals surface area contributed by atoms with Crippen molar-refractivity contribution in [3.8, 4) is 0 Å². The zero-order valence-electron chi connectivity index (χ0n) is 14.3. The molecule has 2 aliphatic rings. The predicted octanol–water partition coefficient (Wildman–Crippen LogP) is 2.83. The van der Waals surface area contributed by atoms with Gasteiger partial charge in [-0.15, -0.1) is 0 Å². The zero-order valence-corrected chi connectivity index (χ0v) is 14.3. The largest absolute Gasteiger partial charge is 0.468 e. The minimum absolute atomic E-state index is 0.0163. The van der Waals surface area contributed by atoms with E-state index in [1.54, 1.807) is 39.0 Å². The molecule has 1 amide bonds. The van der Waals surface area contributed by atoms with Crippen LogP contribution in [0.25, 0.3) is 0 Å². The highest BCUT2D eigenvalue weighted by Gasteiger charge is 2.55. The van der Waals surface area contributed by atoms with Crippen molar-refractivity contribution in [2.24, 2.45) is 0 Å². The van der Waals surface area contributed by atoms with Gasteiger partial charge in [0.15, 0.2) is 5.78 Å². The Morgan fingerprint density at radius 3 is 2.58 bits per heavy atom. The van der Waals surface area contributed by atoms with E-state index in [-0.39, 0.29) is 18.7 Å². The Kier molecular flexibility index (Phi) is 3.66. The fourth-order valence-electron chi connectivity index (χ4n) is 3.54. The lowest BCUT2D eigenvalue weighted by Gasteiger charge is -2.31.